The zero-order valence-electron chi connectivity index (χ0n) is 24.7. The molecular weight excluding hydrogens is 648 g/mol. The second-order valence-corrected chi connectivity index (χ2v) is 14.5. The maximum absolute atomic E-state index is 16.4. The monoisotopic (exact) mass is 679 g/mol. The molecule has 2 fully saturated rings. The molecule has 0 bridgehead atoms. The zero-order chi connectivity index (χ0) is 32.3. The highest BCUT2D eigenvalue weighted by atomic mass is 35.5. The summed E-state index contributed by atoms with van der Waals surface area (Å²) in [5.74, 6) is -0.319. The Labute approximate surface area is 267 Å². The van der Waals surface area contributed by atoms with E-state index >= 15 is 4.39 Å². The van der Waals surface area contributed by atoms with Crippen molar-refractivity contribution in [3.05, 3.63) is 48.8 Å². The lowest BCUT2D eigenvalue weighted by Gasteiger charge is -2.30. The first kappa shape index (κ1) is 31.8. The third-order valence-corrected chi connectivity index (χ3v) is 10.7. The summed E-state index contributed by atoms with van der Waals surface area (Å²) >= 11 is 12.3. The largest absolute Gasteiger partial charge is 0.462 e. The molecule has 2 aromatic carbocycles. The molecule has 1 unspecified atom stereocenters. The molecule has 1 aliphatic heterocycles. The number of fused-ring (bicyclic) bond motifs is 3. The van der Waals surface area contributed by atoms with Gasteiger partial charge in [0.15, 0.2) is 35.0 Å². The van der Waals surface area contributed by atoms with Gasteiger partial charge in [0.2, 0.25) is 5.95 Å². The first-order chi connectivity index (χ1) is 21.4. The number of imidazole rings is 1. The van der Waals surface area contributed by atoms with Crippen molar-refractivity contribution in [3.63, 3.8) is 0 Å². The molecule has 2 aliphatic rings. The van der Waals surface area contributed by atoms with Crippen molar-refractivity contribution in [1.82, 2.24) is 24.6 Å². The molecular formula is C28H32ClFN7O6PS. The fraction of sp³-hybridized carbons (Fsp3) is 0.429. The van der Waals surface area contributed by atoms with E-state index in [9.17, 15) is 9.90 Å². The predicted octanol–water partition coefficient (Wildman–Crippen LogP) is 3.81. The van der Waals surface area contributed by atoms with E-state index in [1.807, 2.05) is 30.3 Å². The Hall–Kier alpha value is -3.17. The van der Waals surface area contributed by atoms with Crippen LogP contribution in [0.15, 0.2) is 48.8 Å². The van der Waals surface area contributed by atoms with Crippen LogP contribution in [0.2, 0.25) is 0 Å². The van der Waals surface area contributed by atoms with Crippen molar-refractivity contribution in [2.45, 2.75) is 62.6 Å². The maximum atomic E-state index is 16.4. The number of anilines is 2. The van der Waals surface area contributed by atoms with Crippen LogP contribution in [0.25, 0.3) is 21.9 Å². The van der Waals surface area contributed by atoms with Gasteiger partial charge in [-0.1, -0.05) is 36.4 Å². The molecule has 1 saturated carbocycles. The molecule has 2 aromatic heterocycles. The number of halogens is 2. The van der Waals surface area contributed by atoms with Gasteiger partial charge in [-0.05, 0) is 44.0 Å². The summed E-state index contributed by atoms with van der Waals surface area (Å²) in [5.41, 5.74) is 2.41. The minimum atomic E-state index is -3.76. The first-order valence-electron chi connectivity index (χ1n) is 14.1. The standard InChI is InChI=1S/C28H32ClFN7O6PS/c1-14(2)40-24(38)15(3)36-44(45,42-18-11-7-9-16-8-5-6-10-17(16)18)43-25-27(12-29)28(25,39)20(30)23(41-27)37-13-33-19-21(32-4)34-26(31)35-22(19)37/h5-11,13-15,20,23,25,39H,12H2,1-4H3,(H,36,45)(H3,31,32,34,35)/t15-,20+,23+,25?,27+,28+,44+/m0/s1. The fourth-order valence-electron chi connectivity index (χ4n) is 5.62. The average Bonchev–Trinajstić information content (AvgIpc) is 3.23. The van der Waals surface area contributed by atoms with Crippen LogP contribution in [-0.2, 0) is 30.6 Å². The van der Waals surface area contributed by atoms with Crippen LogP contribution in [0.4, 0.5) is 16.2 Å². The Balaban J connectivity index is 1.33. The summed E-state index contributed by atoms with van der Waals surface area (Å²) in [5, 5.41) is 19.2. The number of carbonyl (C=O) groups excluding carboxylic acids is 1. The SMILES string of the molecule is CNc1nc(N)nc2c1ncn2[C@@H]1O[C@]2(CCl)C(O[P@@](=S)(N[C@@H](C)C(=O)OC(C)C)Oc3cccc4ccccc34)[C@]2(O)[C@@H]1F. The summed E-state index contributed by atoms with van der Waals surface area (Å²) in [6.07, 6.45) is -3.89. The number of alkyl halides is 2. The van der Waals surface area contributed by atoms with Gasteiger partial charge in [0.1, 0.15) is 23.5 Å². The number of nitrogens with two attached hydrogens (primary N) is 1. The number of nitrogens with zero attached hydrogens (tertiary/aromatic N) is 4. The third kappa shape index (κ3) is 5.20. The molecule has 0 amide bonds. The van der Waals surface area contributed by atoms with Gasteiger partial charge in [-0.2, -0.15) is 9.97 Å². The molecule has 13 nitrogen and oxygen atoms in total. The second-order valence-electron chi connectivity index (χ2n) is 11.2. The van der Waals surface area contributed by atoms with E-state index in [0.717, 1.165) is 10.8 Å². The first-order valence-corrected chi connectivity index (χ1v) is 17.3. The van der Waals surface area contributed by atoms with Crippen molar-refractivity contribution >= 4 is 69.7 Å². The van der Waals surface area contributed by atoms with Crippen LogP contribution in [0.5, 0.6) is 5.75 Å². The summed E-state index contributed by atoms with van der Waals surface area (Å²) in [6.45, 7) is 1.22. The van der Waals surface area contributed by atoms with Crippen LogP contribution in [-0.4, -0.2) is 79.1 Å². The quantitative estimate of drug-likeness (QED) is 0.103. The number of aromatic nitrogens is 4. The number of aliphatic hydroxyl groups is 1. The van der Waals surface area contributed by atoms with E-state index in [0.29, 0.717) is 17.1 Å². The molecule has 7 atom stereocenters. The molecule has 4 aromatic rings. The van der Waals surface area contributed by atoms with Crippen molar-refractivity contribution in [2.75, 3.05) is 24.0 Å². The second kappa shape index (κ2) is 11.6. The molecule has 17 heteroatoms. The van der Waals surface area contributed by atoms with E-state index in [4.69, 9.17) is 47.7 Å². The predicted molar refractivity (Wildman–Crippen MR) is 170 cm³/mol. The van der Waals surface area contributed by atoms with Gasteiger partial charge >= 0.3 is 12.6 Å². The lowest BCUT2D eigenvalue weighted by molar-refractivity contribution is -0.149. The summed E-state index contributed by atoms with van der Waals surface area (Å²) in [4.78, 5) is 25.3. The molecule has 45 heavy (non-hydrogen) atoms. The highest BCUT2D eigenvalue weighted by Crippen LogP contribution is 2.69. The molecule has 240 valence electrons. The lowest BCUT2D eigenvalue weighted by atomic mass is 10.1. The third-order valence-electron chi connectivity index (χ3n) is 7.84. The number of benzene rings is 2. The average molecular weight is 680 g/mol. The molecule has 5 N–H and O–H groups in total. The molecule has 3 heterocycles. The maximum Gasteiger partial charge on any atom is 0.323 e. The van der Waals surface area contributed by atoms with Crippen molar-refractivity contribution in [2.24, 2.45) is 0 Å². The van der Waals surface area contributed by atoms with E-state index in [1.54, 1.807) is 40.0 Å². The number of esters is 1. The van der Waals surface area contributed by atoms with Crippen molar-refractivity contribution in [1.29, 1.82) is 0 Å². The smallest absolute Gasteiger partial charge is 0.323 e. The zero-order valence-corrected chi connectivity index (χ0v) is 27.1. The number of carbonyl (C=O) groups is 1. The van der Waals surface area contributed by atoms with Gasteiger partial charge in [0.05, 0.1) is 18.3 Å². The molecule has 1 aliphatic carbocycles. The molecule has 1 saturated heterocycles. The number of hydrogen-bond donors (Lipinski definition) is 4. The van der Waals surface area contributed by atoms with E-state index < -0.39 is 48.4 Å². The Morgan fingerprint density at radius 2 is 2.00 bits per heavy atom. The van der Waals surface area contributed by atoms with Crippen molar-refractivity contribution < 1.29 is 32.8 Å². The van der Waals surface area contributed by atoms with Gasteiger partial charge in [0, 0.05) is 12.4 Å². The minimum Gasteiger partial charge on any atom is -0.462 e. The Morgan fingerprint density at radius 3 is 2.69 bits per heavy atom. The topological polar surface area (TPSA) is 168 Å². The van der Waals surface area contributed by atoms with E-state index in [1.165, 1.54) is 10.9 Å². The normalized spacial score (nSPS) is 27.7. The fourth-order valence-corrected chi connectivity index (χ4v) is 8.77. The summed E-state index contributed by atoms with van der Waals surface area (Å²) in [7, 11) is 1.63. The summed E-state index contributed by atoms with van der Waals surface area (Å²) in [6, 6.07) is 11.9. The van der Waals surface area contributed by atoms with Gasteiger partial charge in [-0.15, -0.1) is 11.6 Å². The van der Waals surface area contributed by atoms with Gasteiger partial charge in [-0.3, -0.25) is 13.9 Å². The van der Waals surface area contributed by atoms with Crippen LogP contribution >= 0.6 is 18.2 Å². The number of nitrogen functional groups attached to an aromatic ring is 1. The number of rotatable bonds is 11. The molecule has 0 spiro atoms. The Morgan fingerprint density at radius 1 is 1.27 bits per heavy atom. The number of hydrogen-bond acceptors (Lipinski definition) is 12. The van der Waals surface area contributed by atoms with E-state index in [-0.39, 0.29) is 23.6 Å². The van der Waals surface area contributed by atoms with Crippen molar-refractivity contribution in [3.8, 4) is 5.75 Å². The highest BCUT2D eigenvalue weighted by molar-refractivity contribution is 8.09. The van der Waals surface area contributed by atoms with Gasteiger partial charge in [-0.25, -0.2) is 14.5 Å². The summed E-state index contributed by atoms with van der Waals surface area (Å²) < 4.78 is 41.8. The van der Waals surface area contributed by atoms with E-state index in [2.05, 4.69) is 25.4 Å². The Kier molecular flexibility index (Phi) is 8.17. The number of ether oxygens (including phenoxy) is 2. The number of nitrogens with one attached hydrogen (secondary N) is 2. The molecule has 6 rings (SSSR count). The Bertz CT molecular complexity index is 1830. The highest BCUT2D eigenvalue weighted by Gasteiger charge is 2.89. The van der Waals surface area contributed by atoms with Crippen LogP contribution < -0.4 is 20.7 Å². The minimum absolute atomic E-state index is 0.0680. The lowest BCUT2D eigenvalue weighted by Crippen LogP contribution is -2.38. The van der Waals surface area contributed by atoms with Gasteiger partial charge < -0.3 is 30.2 Å². The van der Waals surface area contributed by atoms with Crippen LogP contribution in [0.3, 0.4) is 0 Å². The molecule has 0 radical (unpaired) electrons. The van der Waals surface area contributed by atoms with Gasteiger partial charge in [0.25, 0.3) is 0 Å². The van der Waals surface area contributed by atoms with Crippen LogP contribution in [0, 0.1) is 0 Å². The van der Waals surface area contributed by atoms with Crippen LogP contribution in [0.1, 0.15) is 27.0 Å².